The number of para-hydroxylation sites is 1. The zero-order valence-electron chi connectivity index (χ0n) is 31.4. The fourth-order valence-electron chi connectivity index (χ4n) is 8.73. The van der Waals surface area contributed by atoms with Gasteiger partial charge in [0.25, 0.3) is 0 Å². The van der Waals surface area contributed by atoms with Gasteiger partial charge in [-0.05, 0) is 106 Å². The Bertz CT molecular complexity index is 3130. The molecule has 0 saturated heterocycles. The Hall–Kier alpha value is -6.84. The van der Waals surface area contributed by atoms with Gasteiger partial charge in [-0.3, -0.25) is 4.57 Å². The van der Waals surface area contributed by atoms with Gasteiger partial charge in [0.1, 0.15) is 5.69 Å². The summed E-state index contributed by atoms with van der Waals surface area (Å²) >= 11 is 0. The number of rotatable bonds is 5. The Morgan fingerprint density at radius 1 is 0.436 bits per heavy atom. The molecule has 0 fully saturated rings. The third-order valence-corrected chi connectivity index (χ3v) is 11.3. The Labute approximate surface area is 321 Å². The van der Waals surface area contributed by atoms with Crippen LogP contribution in [0.3, 0.4) is 0 Å². The number of benzene rings is 8. The van der Waals surface area contributed by atoms with Crippen LogP contribution in [-0.2, 0) is 0 Å². The van der Waals surface area contributed by atoms with E-state index in [1.165, 1.54) is 65.7 Å². The smallest absolute Gasteiger partial charge is 0.164 e. The first-order valence-electron chi connectivity index (χ1n) is 19.0. The van der Waals surface area contributed by atoms with Crippen molar-refractivity contribution in [2.45, 2.75) is 27.7 Å². The van der Waals surface area contributed by atoms with E-state index >= 15 is 0 Å². The molecule has 0 aliphatic carbocycles. The van der Waals surface area contributed by atoms with Crippen molar-refractivity contribution in [2.24, 2.45) is 0 Å². The van der Waals surface area contributed by atoms with Gasteiger partial charge in [-0.2, -0.15) is 0 Å². The van der Waals surface area contributed by atoms with Crippen molar-refractivity contribution in [1.82, 2.24) is 14.5 Å². The fraction of sp³-hybridized carbons (Fsp3) is 0.0769. The molecule has 0 unspecified atom stereocenters. The molecule has 2 aromatic heterocycles. The third kappa shape index (κ3) is 5.26. The van der Waals surface area contributed by atoms with Gasteiger partial charge < -0.3 is 0 Å². The first-order valence-corrected chi connectivity index (χ1v) is 19.0. The summed E-state index contributed by atoms with van der Waals surface area (Å²) in [5.74, 6) is 0.825. The zero-order chi connectivity index (χ0) is 37.2. The Morgan fingerprint density at radius 3 is 1.87 bits per heavy atom. The molecule has 0 bridgehead atoms. The highest BCUT2D eigenvalue weighted by Gasteiger charge is 2.26. The first-order chi connectivity index (χ1) is 27.0. The van der Waals surface area contributed by atoms with E-state index in [-0.39, 0.29) is 0 Å². The lowest BCUT2D eigenvalue weighted by Gasteiger charge is -2.20. The molecule has 55 heavy (non-hydrogen) atoms. The molecule has 10 aromatic rings. The Morgan fingerprint density at radius 2 is 1.07 bits per heavy atom. The van der Waals surface area contributed by atoms with Gasteiger partial charge >= 0.3 is 0 Å². The highest BCUT2D eigenvalue weighted by molar-refractivity contribution is 6.26. The molecule has 0 atom stereocenters. The largest absolute Gasteiger partial charge is 0.292 e. The third-order valence-electron chi connectivity index (χ3n) is 11.3. The van der Waals surface area contributed by atoms with Crippen LogP contribution in [0.5, 0.6) is 0 Å². The van der Waals surface area contributed by atoms with Crippen LogP contribution in [0.15, 0.2) is 164 Å². The van der Waals surface area contributed by atoms with E-state index in [1.54, 1.807) is 0 Å². The summed E-state index contributed by atoms with van der Waals surface area (Å²) in [6.07, 6.45) is 0. The average molecular weight is 706 g/mol. The van der Waals surface area contributed by atoms with Crippen LogP contribution in [0.4, 0.5) is 0 Å². The summed E-state index contributed by atoms with van der Waals surface area (Å²) < 4.78 is 2.40. The van der Waals surface area contributed by atoms with Crippen LogP contribution in [0.1, 0.15) is 22.4 Å². The van der Waals surface area contributed by atoms with Crippen LogP contribution in [0.2, 0.25) is 0 Å². The molecular formula is C52H39N3. The van der Waals surface area contributed by atoms with Crippen molar-refractivity contribution < 1.29 is 0 Å². The van der Waals surface area contributed by atoms with Crippen molar-refractivity contribution >= 4 is 43.4 Å². The van der Waals surface area contributed by atoms with Crippen molar-refractivity contribution in [1.29, 1.82) is 0 Å². The number of nitrogens with zero attached hydrogens (tertiary/aromatic N) is 3. The average Bonchev–Trinajstić information content (AvgIpc) is 3.57. The van der Waals surface area contributed by atoms with Crippen LogP contribution in [-0.4, -0.2) is 14.5 Å². The van der Waals surface area contributed by atoms with E-state index in [2.05, 4.69) is 196 Å². The number of aromatic nitrogens is 3. The second-order valence-electron chi connectivity index (χ2n) is 14.7. The number of aryl methyl sites for hydroxylation is 4. The number of fused-ring (bicyclic) bond motifs is 6. The molecule has 0 aliphatic rings. The topological polar surface area (TPSA) is 30.7 Å². The molecule has 8 aromatic carbocycles. The lowest BCUT2D eigenvalue weighted by molar-refractivity contribution is 1.01. The van der Waals surface area contributed by atoms with Crippen molar-refractivity contribution in [2.75, 3.05) is 0 Å². The molecule has 0 aliphatic heterocycles. The molecule has 0 radical (unpaired) electrons. The maximum Gasteiger partial charge on any atom is 0.164 e. The van der Waals surface area contributed by atoms with Crippen LogP contribution >= 0.6 is 0 Å². The van der Waals surface area contributed by atoms with Crippen LogP contribution in [0, 0.1) is 27.7 Å². The zero-order valence-corrected chi connectivity index (χ0v) is 31.4. The number of hydrogen-bond acceptors (Lipinski definition) is 2. The normalized spacial score (nSPS) is 11.6. The molecule has 3 nitrogen and oxygen atoms in total. The van der Waals surface area contributed by atoms with Gasteiger partial charge in [0.2, 0.25) is 0 Å². The van der Waals surface area contributed by atoms with Gasteiger partial charge in [-0.15, -0.1) is 0 Å². The SMILES string of the molecule is Cc1ccccc1-c1nc(-c2cccc(-c3ccccc3)c2)c(-n2c3ccccc3c3c4ccccc4c(-c4cc5ccccc5cc4C)c(C)c32)nc1C. The molecule has 0 amide bonds. The predicted molar refractivity (Wildman–Crippen MR) is 232 cm³/mol. The maximum absolute atomic E-state index is 5.62. The molecule has 0 spiro atoms. The Balaban J connectivity index is 1.35. The van der Waals surface area contributed by atoms with E-state index in [0.717, 1.165) is 50.6 Å². The molecule has 0 N–H and O–H groups in total. The first kappa shape index (κ1) is 32.8. The number of hydrogen-bond donors (Lipinski definition) is 0. The van der Waals surface area contributed by atoms with E-state index in [4.69, 9.17) is 9.97 Å². The summed E-state index contributed by atoms with van der Waals surface area (Å²) in [5.41, 5.74) is 15.5. The molecular weight excluding hydrogens is 667 g/mol. The van der Waals surface area contributed by atoms with Gasteiger partial charge in [0.05, 0.1) is 22.4 Å². The summed E-state index contributed by atoms with van der Waals surface area (Å²) in [7, 11) is 0. The minimum atomic E-state index is 0.825. The quantitative estimate of drug-likeness (QED) is 0.178. The van der Waals surface area contributed by atoms with E-state index in [0.29, 0.717) is 0 Å². The summed E-state index contributed by atoms with van der Waals surface area (Å²) in [4.78, 5) is 11.2. The minimum Gasteiger partial charge on any atom is -0.292 e. The monoisotopic (exact) mass is 705 g/mol. The molecule has 262 valence electrons. The maximum atomic E-state index is 5.62. The Kier molecular flexibility index (Phi) is 7.71. The standard InChI is InChI=1S/C52H39N3/c1-32-17-8-11-24-41(32)49-35(4)53-52(50(54-49)40-23-16-22-38(30-40)36-18-6-5-7-19-36)55-46-28-15-14-27-44(46)48-43-26-13-12-25-42(43)47(34(3)51(48)55)45-31-39-21-10-9-20-37(39)29-33(45)2/h5-31H,1-4H3. The van der Waals surface area contributed by atoms with Gasteiger partial charge in [0, 0.05) is 21.9 Å². The lowest BCUT2D eigenvalue weighted by Crippen LogP contribution is -2.08. The summed E-state index contributed by atoms with van der Waals surface area (Å²) in [5, 5.41) is 7.40. The summed E-state index contributed by atoms with van der Waals surface area (Å²) in [6, 6.07) is 58.9. The van der Waals surface area contributed by atoms with E-state index in [1.807, 2.05) is 0 Å². The van der Waals surface area contributed by atoms with Gasteiger partial charge in [0.15, 0.2) is 5.82 Å². The molecule has 0 saturated carbocycles. The summed E-state index contributed by atoms with van der Waals surface area (Å²) in [6.45, 7) is 8.79. The lowest BCUT2D eigenvalue weighted by atomic mass is 9.87. The van der Waals surface area contributed by atoms with Crippen molar-refractivity contribution in [3.63, 3.8) is 0 Å². The van der Waals surface area contributed by atoms with Crippen molar-refractivity contribution in [3.8, 4) is 50.6 Å². The second kappa shape index (κ2) is 12.9. The van der Waals surface area contributed by atoms with Crippen LogP contribution < -0.4 is 0 Å². The highest BCUT2D eigenvalue weighted by atomic mass is 15.1. The molecule has 10 rings (SSSR count). The second-order valence-corrected chi connectivity index (χ2v) is 14.7. The molecule has 2 heterocycles. The van der Waals surface area contributed by atoms with Gasteiger partial charge in [-0.1, -0.05) is 146 Å². The predicted octanol–water partition coefficient (Wildman–Crippen LogP) is 13.8. The van der Waals surface area contributed by atoms with Crippen LogP contribution in [0.25, 0.3) is 93.9 Å². The van der Waals surface area contributed by atoms with E-state index < -0.39 is 0 Å². The van der Waals surface area contributed by atoms with E-state index in [9.17, 15) is 0 Å². The fourth-order valence-corrected chi connectivity index (χ4v) is 8.73. The molecule has 3 heteroatoms. The van der Waals surface area contributed by atoms with Gasteiger partial charge in [-0.25, -0.2) is 9.97 Å². The van der Waals surface area contributed by atoms with Crippen molar-refractivity contribution in [3.05, 3.63) is 186 Å². The minimum absolute atomic E-state index is 0.825. The highest BCUT2D eigenvalue weighted by Crippen LogP contribution is 2.46.